The van der Waals surface area contributed by atoms with E-state index in [9.17, 15) is 4.79 Å². The van der Waals surface area contributed by atoms with Gasteiger partial charge in [-0.1, -0.05) is 34.5 Å². The van der Waals surface area contributed by atoms with Crippen LogP contribution in [0.1, 0.15) is 15.4 Å². The minimum atomic E-state index is -0.264. The molecule has 0 bridgehead atoms. The highest BCUT2D eigenvalue weighted by atomic mass is 35.5. The predicted molar refractivity (Wildman–Crippen MR) is 75.7 cm³/mol. The standard InChI is InChI=1S/C11H9Cl2N3OS/c1-5-9(18-11(14)15-5)10(17)16-6-2-3-7(12)8(13)4-6/h2-4H,1H3,(H2,14,15)(H,16,17). The van der Waals surface area contributed by atoms with Gasteiger partial charge >= 0.3 is 0 Å². The minimum absolute atomic E-state index is 0.264. The molecule has 0 saturated heterocycles. The van der Waals surface area contributed by atoms with Crippen molar-refractivity contribution in [3.63, 3.8) is 0 Å². The normalized spacial score (nSPS) is 10.4. The SMILES string of the molecule is Cc1nc(N)sc1C(=O)Nc1ccc(Cl)c(Cl)c1. The molecule has 0 radical (unpaired) electrons. The van der Waals surface area contributed by atoms with E-state index >= 15 is 0 Å². The highest BCUT2D eigenvalue weighted by Gasteiger charge is 2.14. The topological polar surface area (TPSA) is 68.0 Å². The second kappa shape index (κ2) is 5.14. The molecular formula is C11H9Cl2N3OS. The second-order valence-corrected chi connectivity index (χ2v) is 5.39. The summed E-state index contributed by atoms with van der Waals surface area (Å²) in [5.41, 5.74) is 6.72. The lowest BCUT2D eigenvalue weighted by Crippen LogP contribution is -2.11. The van der Waals surface area contributed by atoms with E-state index in [1.807, 2.05) is 0 Å². The van der Waals surface area contributed by atoms with E-state index < -0.39 is 0 Å². The minimum Gasteiger partial charge on any atom is -0.375 e. The number of thiazole rings is 1. The van der Waals surface area contributed by atoms with Crippen molar-refractivity contribution in [2.75, 3.05) is 11.1 Å². The van der Waals surface area contributed by atoms with Crippen LogP contribution in [0.25, 0.3) is 0 Å². The molecule has 1 amide bonds. The Balaban J connectivity index is 2.21. The van der Waals surface area contributed by atoms with Gasteiger partial charge in [0.25, 0.3) is 5.91 Å². The third-order valence-corrected chi connectivity index (χ3v) is 3.92. The highest BCUT2D eigenvalue weighted by molar-refractivity contribution is 7.17. The summed E-state index contributed by atoms with van der Waals surface area (Å²) in [6.45, 7) is 1.73. The lowest BCUT2D eigenvalue weighted by molar-refractivity contribution is 0.103. The van der Waals surface area contributed by atoms with Crippen LogP contribution < -0.4 is 11.1 Å². The number of carbonyl (C=O) groups is 1. The third kappa shape index (κ3) is 2.75. The van der Waals surface area contributed by atoms with Gasteiger partial charge in [0.1, 0.15) is 4.88 Å². The van der Waals surface area contributed by atoms with Gasteiger partial charge in [0, 0.05) is 5.69 Å². The Hall–Kier alpha value is -1.30. The number of rotatable bonds is 2. The van der Waals surface area contributed by atoms with Crippen LogP contribution in [0, 0.1) is 6.92 Å². The molecule has 7 heteroatoms. The van der Waals surface area contributed by atoms with E-state index in [0.717, 1.165) is 11.3 Å². The van der Waals surface area contributed by atoms with Gasteiger partial charge in [-0.25, -0.2) is 4.98 Å². The number of hydrogen-bond donors (Lipinski definition) is 2. The number of halogens is 2. The lowest BCUT2D eigenvalue weighted by atomic mass is 10.3. The Morgan fingerprint density at radius 1 is 1.39 bits per heavy atom. The van der Waals surface area contributed by atoms with Gasteiger partial charge in [-0.15, -0.1) is 0 Å². The Kier molecular flexibility index (Phi) is 3.75. The van der Waals surface area contributed by atoms with Crippen molar-refractivity contribution in [1.82, 2.24) is 4.98 Å². The number of amides is 1. The molecule has 0 aliphatic rings. The molecule has 0 aliphatic heterocycles. The van der Waals surface area contributed by atoms with Gasteiger partial charge in [0.2, 0.25) is 0 Å². The van der Waals surface area contributed by atoms with Gasteiger partial charge in [-0.3, -0.25) is 4.79 Å². The van der Waals surface area contributed by atoms with Crippen LogP contribution >= 0.6 is 34.5 Å². The Labute approximate surface area is 118 Å². The summed E-state index contributed by atoms with van der Waals surface area (Å²) in [4.78, 5) is 16.5. The van der Waals surface area contributed by atoms with E-state index in [4.69, 9.17) is 28.9 Å². The van der Waals surface area contributed by atoms with Crippen LogP contribution in [-0.4, -0.2) is 10.9 Å². The molecule has 94 valence electrons. The number of nitrogens with one attached hydrogen (secondary N) is 1. The number of nitrogens with two attached hydrogens (primary N) is 1. The molecule has 3 N–H and O–H groups in total. The zero-order chi connectivity index (χ0) is 13.3. The average molecular weight is 302 g/mol. The number of carbonyl (C=O) groups excluding carboxylic acids is 1. The summed E-state index contributed by atoms with van der Waals surface area (Å²) in [6, 6.07) is 4.88. The molecule has 2 rings (SSSR count). The molecule has 1 aromatic heterocycles. The first-order chi connectivity index (χ1) is 8.47. The average Bonchev–Trinajstić information content (AvgIpc) is 2.63. The number of hydrogen-bond acceptors (Lipinski definition) is 4. The van der Waals surface area contributed by atoms with Crippen LogP contribution in [0.15, 0.2) is 18.2 Å². The zero-order valence-corrected chi connectivity index (χ0v) is 11.7. The molecule has 18 heavy (non-hydrogen) atoms. The molecular weight excluding hydrogens is 293 g/mol. The smallest absolute Gasteiger partial charge is 0.267 e. The molecule has 0 unspecified atom stereocenters. The van der Waals surface area contributed by atoms with Gasteiger partial charge in [-0.05, 0) is 25.1 Å². The van der Waals surface area contributed by atoms with E-state index in [-0.39, 0.29) is 5.91 Å². The van der Waals surface area contributed by atoms with Crippen molar-refractivity contribution < 1.29 is 4.79 Å². The van der Waals surface area contributed by atoms with E-state index in [1.54, 1.807) is 25.1 Å². The first-order valence-corrected chi connectivity index (χ1v) is 6.54. The van der Waals surface area contributed by atoms with E-state index in [0.29, 0.717) is 31.4 Å². The zero-order valence-electron chi connectivity index (χ0n) is 9.33. The number of anilines is 2. The van der Waals surface area contributed by atoms with E-state index in [2.05, 4.69) is 10.3 Å². The van der Waals surface area contributed by atoms with Gasteiger partial charge < -0.3 is 11.1 Å². The maximum Gasteiger partial charge on any atom is 0.267 e. The molecule has 0 spiro atoms. The molecule has 0 aliphatic carbocycles. The summed E-state index contributed by atoms with van der Waals surface area (Å²) in [6.07, 6.45) is 0. The van der Waals surface area contributed by atoms with Crippen molar-refractivity contribution in [2.45, 2.75) is 6.92 Å². The summed E-state index contributed by atoms with van der Waals surface area (Å²) < 4.78 is 0. The molecule has 0 fully saturated rings. The van der Waals surface area contributed by atoms with Crippen LogP contribution in [0.5, 0.6) is 0 Å². The Morgan fingerprint density at radius 2 is 2.11 bits per heavy atom. The predicted octanol–water partition coefficient (Wildman–Crippen LogP) is 3.59. The molecule has 4 nitrogen and oxygen atoms in total. The van der Waals surface area contributed by atoms with Crippen molar-refractivity contribution >= 4 is 51.3 Å². The lowest BCUT2D eigenvalue weighted by Gasteiger charge is -2.05. The third-order valence-electron chi connectivity index (χ3n) is 2.20. The van der Waals surface area contributed by atoms with Crippen LogP contribution in [0.3, 0.4) is 0 Å². The highest BCUT2D eigenvalue weighted by Crippen LogP contribution is 2.26. The monoisotopic (exact) mass is 301 g/mol. The number of benzene rings is 1. The van der Waals surface area contributed by atoms with Gasteiger partial charge in [0.15, 0.2) is 5.13 Å². The molecule has 2 aromatic rings. The molecule has 1 aromatic carbocycles. The quantitative estimate of drug-likeness (QED) is 0.890. The summed E-state index contributed by atoms with van der Waals surface area (Å²) in [5.74, 6) is -0.264. The number of aromatic nitrogens is 1. The first kappa shape index (κ1) is 13.1. The molecule has 1 heterocycles. The molecule has 0 saturated carbocycles. The van der Waals surface area contributed by atoms with Crippen LogP contribution in [0.2, 0.25) is 10.0 Å². The molecule has 0 atom stereocenters. The Morgan fingerprint density at radius 3 is 2.67 bits per heavy atom. The number of aryl methyl sites for hydroxylation is 1. The first-order valence-electron chi connectivity index (χ1n) is 4.96. The maximum atomic E-state index is 12.0. The van der Waals surface area contributed by atoms with Crippen molar-refractivity contribution in [3.8, 4) is 0 Å². The van der Waals surface area contributed by atoms with Crippen LogP contribution in [-0.2, 0) is 0 Å². The fourth-order valence-electron chi connectivity index (χ4n) is 1.39. The summed E-state index contributed by atoms with van der Waals surface area (Å²) in [5, 5.41) is 3.90. The number of nitrogen functional groups attached to an aromatic ring is 1. The van der Waals surface area contributed by atoms with Crippen molar-refractivity contribution in [3.05, 3.63) is 38.8 Å². The van der Waals surface area contributed by atoms with E-state index in [1.165, 1.54) is 0 Å². The fraction of sp³-hybridized carbons (Fsp3) is 0.0909. The Bertz CT molecular complexity index is 612. The summed E-state index contributed by atoms with van der Waals surface area (Å²) >= 11 is 12.8. The van der Waals surface area contributed by atoms with Crippen LogP contribution in [0.4, 0.5) is 10.8 Å². The summed E-state index contributed by atoms with van der Waals surface area (Å²) in [7, 11) is 0. The second-order valence-electron chi connectivity index (χ2n) is 3.55. The van der Waals surface area contributed by atoms with Crippen molar-refractivity contribution in [1.29, 1.82) is 0 Å². The fourth-order valence-corrected chi connectivity index (χ4v) is 2.42. The van der Waals surface area contributed by atoms with Gasteiger partial charge in [-0.2, -0.15) is 0 Å². The largest absolute Gasteiger partial charge is 0.375 e. The number of nitrogens with zero attached hydrogens (tertiary/aromatic N) is 1. The van der Waals surface area contributed by atoms with Crippen molar-refractivity contribution in [2.24, 2.45) is 0 Å². The van der Waals surface area contributed by atoms with Gasteiger partial charge in [0.05, 0.1) is 15.7 Å². The maximum absolute atomic E-state index is 12.0.